The molecule has 0 saturated carbocycles. The van der Waals surface area contributed by atoms with Crippen LogP contribution >= 0.6 is 11.3 Å². The molecule has 1 aromatic heterocycles. The highest BCUT2D eigenvalue weighted by Gasteiger charge is 2.25. The maximum Gasteiger partial charge on any atom is 0.225 e. The van der Waals surface area contributed by atoms with E-state index in [9.17, 15) is 4.79 Å². The van der Waals surface area contributed by atoms with Gasteiger partial charge < -0.3 is 10.1 Å². The molecule has 1 saturated heterocycles. The van der Waals surface area contributed by atoms with Gasteiger partial charge in [0, 0.05) is 30.6 Å². The maximum atomic E-state index is 11.9. The molecule has 2 rings (SSSR count). The molecule has 20 heavy (non-hydrogen) atoms. The SMILES string of the molecule is C[C@@H]1CN([C@H](C)CNC(=O)Cc2cccs2)C[C@H](C)O1. The zero-order valence-corrected chi connectivity index (χ0v) is 13.3. The Morgan fingerprint density at radius 3 is 2.80 bits per heavy atom. The number of nitrogens with zero attached hydrogens (tertiary/aromatic N) is 1. The number of rotatable bonds is 5. The van der Waals surface area contributed by atoms with Gasteiger partial charge in [0.25, 0.3) is 0 Å². The number of carbonyl (C=O) groups excluding carboxylic acids is 1. The molecule has 0 radical (unpaired) electrons. The first-order valence-corrected chi connectivity index (χ1v) is 8.11. The zero-order valence-electron chi connectivity index (χ0n) is 12.5. The van der Waals surface area contributed by atoms with Crippen LogP contribution in [0.2, 0.25) is 0 Å². The summed E-state index contributed by atoms with van der Waals surface area (Å²) in [6.07, 6.45) is 1.02. The first kappa shape index (κ1) is 15.5. The van der Waals surface area contributed by atoms with Crippen LogP contribution in [0, 0.1) is 0 Å². The maximum absolute atomic E-state index is 11.9. The van der Waals surface area contributed by atoms with E-state index in [0.29, 0.717) is 19.0 Å². The van der Waals surface area contributed by atoms with E-state index in [1.807, 2.05) is 17.5 Å². The van der Waals surface area contributed by atoms with Gasteiger partial charge in [0.15, 0.2) is 0 Å². The Bertz CT molecular complexity index is 412. The van der Waals surface area contributed by atoms with E-state index in [1.165, 1.54) is 0 Å². The predicted octanol–water partition coefficient (Wildman–Crippen LogP) is 1.90. The third-order valence-electron chi connectivity index (χ3n) is 3.58. The molecule has 1 N–H and O–H groups in total. The number of morpholine rings is 1. The molecule has 1 aromatic rings. The third kappa shape index (κ3) is 4.58. The third-order valence-corrected chi connectivity index (χ3v) is 4.46. The molecule has 112 valence electrons. The van der Waals surface area contributed by atoms with Crippen molar-refractivity contribution in [3.05, 3.63) is 22.4 Å². The smallest absolute Gasteiger partial charge is 0.225 e. The fourth-order valence-corrected chi connectivity index (χ4v) is 3.31. The first-order valence-electron chi connectivity index (χ1n) is 7.23. The minimum Gasteiger partial charge on any atom is -0.373 e. The molecule has 0 spiro atoms. The van der Waals surface area contributed by atoms with Gasteiger partial charge in [0.1, 0.15) is 0 Å². The van der Waals surface area contributed by atoms with Crippen molar-refractivity contribution in [2.24, 2.45) is 0 Å². The minimum absolute atomic E-state index is 0.105. The van der Waals surface area contributed by atoms with Gasteiger partial charge in [-0.2, -0.15) is 0 Å². The normalized spacial score (nSPS) is 25.4. The van der Waals surface area contributed by atoms with Gasteiger partial charge in [0.05, 0.1) is 18.6 Å². The molecule has 3 atom stereocenters. The lowest BCUT2D eigenvalue weighted by Gasteiger charge is -2.39. The lowest BCUT2D eigenvalue weighted by molar-refractivity contribution is -0.121. The van der Waals surface area contributed by atoms with Crippen molar-refractivity contribution in [1.29, 1.82) is 0 Å². The van der Waals surface area contributed by atoms with E-state index >= 15 is 0 Å². The Kier molecular flexibility index (Phi) is 5.57. The summed E-state index contributed by atoms with van der Waals surface area (Å²) in [6, 6.07) is 4.32. The molecule has 1 fully saturated rings. The highest BCUT2D eigenvalue weighted by Crippen LogP contribution is 2.13. The zero-order chi connectivity index (χ0) is 14.5. The predicted molar refractivity (Wildman–Crippen MR) is 82.1 cm³/mol. The van der Waals surface area contributed by atoms with Crippen molar-refractivity contribution >= 4 is 17.2 Å². The average Bonchev–Trinajstić information content (AvgIpc) is 2.87. The Balaban J connectivity index is 1.74. The largest absolute Gasteiger partial charge is 0.373 e. The summed E-state index contributed by atoms with van der Waals surface area (Å²) in [5.41, 5.74) is 0. The molecule has 1 aliphatic rings. The van der Waals surface area contributed by atoms with E-state index < -0.39 is 0 Å². The molecule has 1 amide bonds. The number of carbonyl (C=O) groups is 1. The van der Waals surface area contributed by atoms with Gasteiger partial charge in [-0.05, 0) is 32.2 Å². The van der Waals surface area contributed by atoms with Gasteiger partial charge >= 0.3 is 0 Å². The van der Waals surface area contributed by atoms with E-state index in [0.717, 1.165) is 18.0 Å². The monoisotopic (exact) mass is 296 g/mol. The highest BCUT2D eigenvalue weighted by molar-refractivity contribution is 7.10. The second-order valence-corrected chi connectivity index (χ2v) is 6.65. The first-order chi connectivity index (χ1) is 9.54. The van der Waals surface area contributed by atoms with Crippen LogP contribution in [-0.4, -0.2) is 48.7 Å². The number of ether oxygens (including phenoxy) is 1. The summed E-state index contributed by atoms with van der Waals surface area (Å²) in [4.78, 5) is 15.4. The van der Waals surface area contributed by atoms with Gasteiger partial charge in [-0.3, -0.25) is 9.69 Å². The Hall–Kier alpha value is -0.910. The van der Waals surface area contributed by atoms with Gasteiger partial charge in [-0.15, -0.1) is 11.3 Å². The van der Waals surface area contributed by atoms with Crippen LogP contribution in [0.1, 0.15) is 25.6 Å². The molecule has 0 aromatic carbocycles. The molecule has 5 heteroatoms. The summed E-state index contributed by atoms with van der Waals surface area (Å²) in [5, 5.41) is 5.03. The van der Waals surface area contributed by atoms with E-state index in [1.54, 1.807) is 11.3 Å². The summed E-state index contributed by atoms with van der Waals surface area (Å²) in [7, 11) is 0. The van der Waals surface area contributed by atoms with Crippen LogP contribution in [0.25, 0.3) is 0 Å². The van der Waals surface area contributed by atoms with Crippen molar-refractivity contribution < 1.29 is 9.53 Å². The van der Waals surface area contributed by atoms with Gasteiger partial charge in [-0.25, -0.2) is 0 Å². The Morgan fingerprint density at radius 2 is 2.20 bits per heavy atom. The molecule has 4 nitrogen and oxygen atoms in total. The topological polar surface area (TPSA) is 41.6 Å². The summed E-state index contributed by atoms with van der Waals surface area (Å²) in [6.45, 7) is 8.94. The Morgan fingerprint density at radius 1 is 1.50 bits per heavy atom. The molecular weight excluding hydrogens is 272 g/mol. The van der Waals surface area contributed by atoms with Crippen molar-refractivity contribution in [3.63, 3.8) is 0 Å². The number of hydrogen-bond acceptors (Lipinski definition) is 4. The molecular formula is C15H24N2O2S. The van der Waals surface area contributed by atoms with Gasteiger partial charge in [0.2, 0.25) is 5.91 Å². The van der Waals surface area contributed by atoms with E-state index in [2.05, 4.69) is 31.0 Å². The molecule has 0 unspecified atom stereocenters. The number of hydrogen-bond donors (Lipinski definition) is 1. The number of thiophene rings is 1. The van der Waals surface area contributed by atoms with Crippen LogP contribution < -0.4 is 5.32 Å². The number of nitrogens with one attached hydrogen (secondary N) is 1. The van der Waals surface area contributed by atoms with Gasteiger partial charge in [-0.1, -0.05) is 6.07 Å². The van der Waals surface area contributed by atoms with E-state index in [-0.39, 0.29) is 18.1 Å². The summed E-state index contributed by atoms with van der Waals surface area (Å²) in [5.74, 6) is 0.105. The summed E-state index contributed by atoms with van der Waals surface area (Å²) >= 11 is 1.63. The molecule has 2 heterocycles. The van der Waals surface area contributed by atoms with Crippen LogP contribution in [0.15, 0.2) is 17.5 Å². The minimum atomic E-state index is 0.105. The molecule has 0 bridgehead atoms. The van der Waals surface area contributed by atoms with Crippen LogP contribution in [-0.2, 0) is 16.0 Å². The summed E-state index contributed by atoms with van der Waals surface area (Å²) < 4.78 is 5.73. The molecule has 0 aliphatic carbocycles. The van der Waals surface area contributed by atoms with Crippen molar-refractivity contribution in [2.75, 3.05) is 19.6 Å². The average molecular weight is 296 g/mol. The lowest BCUT2D eigenvalue weighted by Crippen LogP contribution is -2.52. The van der Waals surface area contributed by atoms with Crippen LogP contribution in [0.5, 0.6) is 0 Å². The van der Waals surface area contributed by atoms with Crippen molar-refractivity contribution in [3.8, 4) is 0 Å². The number of amides is 1. The quantitative estimate of drug-likeness (QED) is 0.902. The fraction of sp³-hybridized carbons (Fsp3) is 0.667. The second kappa shape index (κ2) is 7.20. The van der Waals surface area contributed by atoms with Crippen molar-refractivity contribution in [1.82, 2.24) is 10.2 Å². The van der Waals surface area contributed by atoms with Crippen molar-refractivity contribution in [2.45, 2.75) is 45.4 Å². The lowest BCUT2D eigenvalue weighted by atomic mass is 10.1. The standard InChI is InChI=1S/C15H24N2O2S/c1-11(17-9-12(2)19-13(3)10-17)8-16-15(18)7-14-5-4-6-20-14/h4-6,11-13H,7-10H2,1-3H3,(H,16,18)/t11-,12-,13+/m1/s1. The molecule has 1 aliphatic heterocycles. The fourth-order valence-electron chi connectivity index (χ4n) is 2.60. The second-order valence-electron chi connectivity index (χ2n) is 5.62. The van der Waals surface area contributed by atoms with E-state index in [4.69, 9.17) is 4.74 Å². The Labute approximate surface area is 125 Å². The van der Waals surface area contributed by atoms with Crippen LogP contribution in [0.3, 0.4) is 0 Å². The van der Waals surface area contributed by atoms with Crippen LogP contribution in [0.4, 0.5) is 0 Å². The highest BCUT2D eigenvalue weighted by atomic mass is 32.1.